The molecule has 1 nitrogen and oxygen atoms in total. The van der Waals surface area contributed by atoms with Gasteiger partial charge in [0.05, 0.1) is 8.07 Å². The smallest absolute Gasteiger partial charge is 0.201 e. The molecule has 0 amide bonds. The van der Waals surface area contributed by atoms with Crippen molar-refractivity contribution >= 4 is 13.3 Å². The third kappa shape index (κ3) is 3.32. The Hall–Kier alpha value is -1.41. The number of pyridine rings is 1. The van der Waals surface area contributed by atoms with Crippen molar-refractivity contribution in [3.63, 3.8) is 0 Å². The number of benzene rings is 1. The molecule has 0 fully saturated rings. The fourth-order valence-electron chi connectivity index (χ4n) is 3.00. The summed E-state index contributed by atoms with van der Waals surface area (Å²) in [4.78, 5) is 0. The topological polar surface area (TPSA) is 3.88 Å². The molecule has 1 aromatic carbocycles. The van der Waals surface area contributed by atoms with Crippen LogP contribution < -0.4 is 9.75 Å². The summed E-state index contributed by atoms with van der Waals surface area (Å²) < 4.78 is 25.0. The Labute approximate surface area is 141 Å². The van der Waals surface area contributed by atoms with Crippen LogP contribution >= 0.6 is 0 Å². The van der Waals surface area contributed by atoms with E-state index in [-0.39, 0.29) is 0 Å². The zero-order valence-electron chi connectivity index (χ0n) is 17.9. The number of hydrogen-bond acceptors (Lipinski definition) is 0. The van der Waals surface area contributed by atoms with E-state index in [9.17, 15) is 0 Å². The second-order valence-corrected chi connectivity index (χ2v) is 12.6. The minimum absolute atomic E-state index is 0.403. The average Bonchev–Trinajstić information content (AvgIpc) is 2.45. The number of aryl methyl sites for hydroxylation is 3. The number of hydrogen-bond donors (Lipinski definition) is 0. The monoisotopic (exact) mass is 315 g/mol. The fraction of sp³-hybridized carbons (Fsp3) is 0.450. The number of nitrogens with zero attached hydrogens (tertiary/aromatic N) is 1. The van der Waals surface area contributed by atoms with Crippen molar-refractivity contribution < 1.29 is 8.68 Å². The first-order valence-corrected chi connectivity index (χ1v) is 11.5. The third-order valence-electron chi connectivity index (χ3n) is 4.24. The van der Waals surface area contributed by atoms with E-state index in [4.69, 9.17) is 4.11 Å². The van der Waals surface area contributed by atoms with Crippen molar-refractivity contribution in [2.45, 2.75) is 53.2 Å². The fourth-order valence-corrected chi connectivity index (χ4v) is 4.79. The molecule has 0 aliphatic heterocycles. The van der Waals surface area contributed by atoms with Crippen LogP contribution in [0.2, 0.25) is 19.6 Å². The molecule has 0 saturated carbocycles. The quantitative estimate of drug-likeness (QED) is 0.581. The van der Waals surface area contributed by atoms with Crippen LogP contribution in [0.15, 0.2) is 30.5 Å². The Morgan fingerprint density at radius 2 is 1.82 bits per heavy atom. The Kier molecular flexibility index (Phi) is 3.56. The van der Waals surface area contributed by atoms with Crippen LogP contribution in [-0.2, 0) is 7.05 Å². The Morgan fingerprint density at radius 3 is 2.32 bits per heavy atom. The van der Waals surface area contributed by atoms with Gasteiger partial charge < -0.3 is 0 Å². The van der Waals surface area contributed by atoms with Crippen molar-refractivity contribution in [3.8, 4) is 11.3 Å². The predicted molar refractivity (Wildman–Crippen MR) is 99.6 cm³/mol. The van der Waals surface area contributed by atoms with Crippen molar-refractivity contribution in [2.24, 2.45) is 7.05 Å². The molecule has 0 bridgehead atoms. The summed E-state index contributed by atoms with van der Waals surface area (Å²) in [6, 6.07) is 7.82. The second-order valence-electron chi connectivity index (χ2n) is 7.57. The summed E-state index contributed by atoms with van der Waals surface area (Å²) in [5, 5.41) is 1.48. The van der Waals surface area contributed by atoms with E-state index in [0.29, 0.717) is 11.5 Å². The minimum Gasteiger partial charge on any atom is -0.201 e. The lowest BCUT2D eigenvalue weighted by atomic mass is 10.00. The first-order valence-electron chi connectivity index (χ1n) is 9.48. The van der Waals surface area contributed by atoms with Gasteiger partial charge in [0, 0.05) is 21.3 Å². The molecule has 0 aliphatic carbocycles. The third-order valence-corrected chi connectivity index (χ3v) is 6.29. The molecule has 1 heterocycles. The molecule has 2 aromatic rings. The van der Waals surface area contributed by atoms with Crippen molar-refractivity contribution in [3.05, 3.63) is 47.2 Å². The molecule has 2 rings (SSSR count). The van der Waals surface area contributed by atoms with Gasteiger partial charge in [-0.25, -0.2) is 4.57 Å². The van der Waals surface area contributed by atoms with E-state index in [1.807, 2.05) is 13.0 Å². The second kappa shape index (κ2) is 6.00. The van der Waals surface area contributed by atoms with Crippen molar-refractivity contribution in [1.29, 1.82) is 0 Å². The van der Waals surface area contributed by atoms with Crippen LogP contribution in [0.1, 0.15) is 40.6 Å². The Balaban J connectivity index is 2.68. The van der Waals surface area contributed by atoms with Crippen LogP contribution in [0.3, 0.4) is 0 Å². The normalized spacial score (nSPS) is 14.6. The lowest BCUT2D eigenvalue weighted by Crippen LogP contribution is -2.45. The van der Waals surface area contributed by atoms with E-state index < -0.39 is 14.9 Å². The van der Waals surface area contributed by atoms with Crippen molar-refractivity contribution in [2.75, 3.05) is 0 Å². The molecule has 0 N–H and O–H groups in total. The van der Waals surface area contributed by atoms with Gasteiger partial charge in [-0.3, -0.25) is 0 Å². The summed E-state index contributed by atoms with van der Waals surface area (Å²) >= 11 is 0. The van der Waals surface area contributed by atoms with E-state index in [0.717, 1.165) is 16.8 Å². The first kappa shape index (κ1) is 13.1. The number of aromatic nitrogens is 1. The van der Waals surface area contributed by atoms with Gasteiger partial charge in [0.15, 0.2) is 6.20 Å². The summed E-state index contributed by atoms with van der Waals surface area (Å²) in [7, 11) is 0.586. The predicted octanol–water partition coefficient (Wildman–Crippen LogP) is 4.46. The molecule has 2 heteroatoms. The first-order chi connectivity index (χ1) is 11.3. The van der Waals surface area contributed by atoms with E-state index in [1.54, 1.807) is 12.1 Å². The molecule has 1 aromatic heterocycles. The van der Waals surface area contributed by atoms with Gasteiger partial charge in [-0.15, -0.1) is 0 Å². The molecule has 0 atom stereocenters. The Morgan fingerprint density at radius 1 is 1.14 bits per heavy atom. The van der Waals surface area contributed by atoms with Gasteiger partial charge in [-0.05, 0) is 36.5 Å². The zero-order chi connectivity index (χ0) is 19.2. The molecule has 0 radical (unpaired) electrons. The molecular weight excluding hydrogens is 282 g/mol. The minimum atomic E-state index is -2.06. The van der Waals surface area contributed by atoms with Crippen LogP contribution in [-0.4, -0.2) is 8.07 Å². The highest BCUT2D eigenvalue weighted by atomic mass is 28.3. The maximum atomic E-state index is 7.61. The molecule has 118 valence electrons. The lowest BCUT2D eigenvalue weighted by Gasteiger charge is -2.22. The maximum absolute atomic E-state index is 7.61. The summed E-state index contributed by atoms with van der Waals surface area (Å²) in [5.74, 6) is 0.487. The molecule has 0 aliphatic rings. The van der Waals surface area contributed by atoms with Gasteiger partial charge >= 0.3 is 0 Å². The average molecular weight is 316 g/mol. The van der Waals surface area contributed by atoms with Gasteiger partial charge in [-0.2, -0.15) is 0 Å². The van der Waals surface area contributed by atoms with Crippen LogP contribution in [0.5, 0.6) is 0 Å². The Bertz CT molecular complexity index is 787. The summed E-state index contributed by atoms with van der Waals surface area (Å²) in [6.45, 7) is 11.6. The molecule has 0 spiro atoms. The number of rotatable bonds is 3. The SMILES string of the molecule is [2H]C([2H])([2H])c1ccc(-c2cc([Si](C)(C)C)c(C(C)C)c[n+]2C)c(C)c1. The van der Waals surface area contributed by atoms with Gasteiger partial charge in [0.25, 0.3) is 0 Å². The summed E-state index contributed by atoms with van der Waals surface area (Å²) in [5.41, 5.74) is 5.08. The van der Waals surface area contributed by atoms with E-state index in [2.05, 4.69) is 57.4 Å². The molecule has 22 heavy (non-hydrogen) atoms. The molecule has 0 saturated heterocycles. The van der Waals surface area contributed by atoms with Crippen molar-refractivity contribution in [1.82, 2.24) is 0 Å². The standard InChI is InChI=1S/C20H30NSi/c1-14(2)18-13-21(5)19(12-20(18)22(6,7)8)17-10-9-15(3)11-16(17)4/h9-14H,1-8H3/q+1/i3D3. The lowest BCUT2D eigenvalue weighted by molar-refractivity contribution is -0.660. The maximum Gasteiger partial charge on any atom is 0.212 e. The zero-order valence-corrected chi connectivity index (χ0v) is 15.9. The van der Waals surface area contributed by atoms with Gasteiger partial charge in [-0.1, -0.05) is 51.2 Å². The molecule has 0 unspecified atom stereocenters. The van der Waals surface area contributed by atoms with E-state index in [1.165, 1.54) is 10.8 Å². The van der Waals surface area contributed by atoms with Crippen LogP contribution in [0, 0.1) is 13.8 Å². The summed E-state index contributed by atoms with van der Waals surface area (Å²) in [6.07, 6.45) is 2.25. The van der Waals surface area contributed by atoms with E-state index >= 15 is 0 Å². The van der Waals surface area contributed by atoms with Crippen LogP contribution in [0.4, 0.5) is 0 Å². The highest BCUT2D eigenvalue weighted by Crippen LogP contribution is 2.23. The molecular formula is C20H30NSi+. The van der Waals surface area contributed by atoms with Gasteiger partial charge in [0.1, 0.15) is 7.05 Å². The van der Waals surface area contributed by atoms with Crippen LogP contribution in [0.25, 0.3) is 11.3 Å². The highest BCUT2D eigenvalue weighted by molar-refractivity contribution is 6.89. The van der Waals surface area contributed by atoms with Gasteiger partial charge in [0.2, 0.25) is 5.69 Å². The largest absolute Gasteiger partial charge is 0.212 e. The highest BCUT2D eigenvalue weighted by Gasteiger charge is 2.27.